The lowest BCUT2D eigenvalue weighted by Gasteiger charge is -2.10. The summed E-state index contributed by atoms with van der Waals surface area (Å²) in [5.41, 5.74) is 9.00. The fourth-order valence-electron chi connectivity index (χ4n) is 7.27. The van der Waals surface area contributed by atoms with Crippen molar-refractivity contribution in [1.82, 2.24) is 4.57 Å². The number of hydrogen-bond donors (Lipinski definition) is 0. The monoisotopic (exact) mass is 632 g/mol. The number of nitrogens with zero attached hydrogens (tertiary/aromatic N) is 2. The van der Waals surface area contributed by atoms with E-state index in [1.165, 1.54) is 62.6 Å². The molecule has 0 aliphatic carbocycles. The minimum Gasteiger partial charge on any atom is -0.308 e. The molecule has 0 bridgehead atoms. The number of thiophene rings is 2. The van der Waals surface area contributed by atoms with Crippen molar-refractivity contribution in [3.05, 3.63) is 151 Å². The van der Waals surface area contributed by atoms with Crippen LogP contribution in [0.25, 0.3) is 90.1 Å². The van der Waals surface area contributed by atoms with Gasteiger partial charge in [0.05, 0.1) is 33.1 Å². The Bertz CT molecular complexity index is 2920. The third-order valence-corrected chi connectivity index (χ3v) is 11.8. The van der Waals surface area contributed by atoms with Crippen LogP contribution in [0, 0.1) is 11.3 Å². The summed E-state index contributed by atoms with van der Waals surface area (Å²) in [6.45, 7) is 0. The van der Waals surface area contributed by atoms with Gasteiger partial charge in [-0.25, -0.2) is 0 Å². The first-order valence-electron chi connectivity index (χ1n) is 15.7. The zero-order valence-corrected chi connectivity index (χ0v) is 26.7. The van der Waals surface area contributed by atoms with Crippen molar-refractivity contribution >= 4 is 84.8 Å². The van der Waals surface area contributed by atoms with E-state index >= 15 is 0 Å². The van der Waals surface area contributed by atoms with E-state index in [2.05, 4.69) is 144 Å². The SMILES string of the molecule is N#Cc1ccc2c(c1)c1ccccc1n2-c1cccc2c1sc1c(-c3ccccc3)cc(-c3ccc4sc5ccccc5c4c3)cc12. The Morgan fingerprint density at radius 3 is 2.09 bits per heavy atom. The van der Waals surface area contributed by atoms with Gasteiger partial charge in [0.25, 0.3) is 0 Å². The number of benzene rings is 7. The van der Waals surface area contributed by atoms with Gasteiger partial charge in [-0.05, 0) is 77.4 Å². The van der Waals surface area contributed by atoms with Crippen LogP contribution in [0.3, 0.4) is 0 Å². The van der Waals surface area contributed by atoms with Crippen LogP contribution in [0.2, 0.25) is 0 Å². The van der Waals surface area contributed by atoms with E-state index < -0.39 is 0 Å². The number of hydrogen-bond acceptors (Lipinski definition) is 3. The molecule has 7 aromatic carbocycles. The molecular weight excluding hydrogens is 609 g/mol. The normalized spacial score (nSPS) is 11.8. The number of nitriles is 1. The van der Waals surface area contributed by atoms with Gasteiger partial charge in [0, 0.05) is 52.0 Å². The highest BCUT2D eigenvalue weighted by atomic mass is 32.1. The first-order valence-corrected chi connectivity index (χ1v) is 17.3. The van der Waals surface area contributed by atoms with Crippen molar-refractivity contribution in [3.63, 3.8) is 0 Å². The molecule has 0 aliphatic rings. The lowest BCUT2D eigenvalue weighted by Crippen LogP contribution is -1.93. The summed E-state index contributed by atoms with van der Waals surface area (Å²) >= 11 is 3.73. The molecule has 4 heteroatoms. The highest BCUT2D eigenvalue weighted by Gasteiger charge is 2.19. The van der Waals surface area contributed by atoms with E-state index in [0.717, 1.165) is 27.5 Å². The summed E-state index contributed by atoms with van der Waals surface area (Å²) in [6.07, 6.45) is 0. The maximum Gasteiger partial charge on any atom is 0.0991 e. The van der Waals surface area contributed by atoms with Crippen molar-refractivity contribution in [2.45, 2.75) is 0 Å². The van der Waals surface area contributed by atoms with Crippen LogP contribution < -0.4 is 0 Å². The van der Waals surface area contributed by atoms with Crippen LogP contribution in [0.5, 0.6) is 0 Å². The van der Waals surface area contributed by atoms with Gasteiger partial charge in [0.15, 0.2) is 0 Å². The average Bonchev–Trinajstić information content (AvgIpc) is 3.80. The van der Waals surface area contributed by atoms with Gasteiger partial charge in [-0.2, -0.15) is 5.26 Å². The predicted molar refractivity (Wildman–Crippen MR) is 202 cm³/mol. The molecule has 0 aliphatic heterocycles. The zero-order valence-electron chi connectivity index (χ0n) is 25.1. The molecule has 3 aromatic heterocycles. The summed E-state index contributed by atoms with van der Waals surface area (Å²) in [4.78, 5) is 0. The summed E-state index contributed by atoms with van der Waals surface area (Å²) in [5, 5.41) is 17.1. The molecule has 0 radical (unpaired) electrons. The van der Waals surface area contributed by atoms with Gasteiger partial charge < -0.3 is 4.57 Å². The lowest BCUT2D eigenvalue weighted by atomic mass is 9.95. The fourth-order valence-corrected chi connectivity index (χ4v) is 9.68. The maximum atomic E-state index is 9.67. The molecule has 0 N–H and O–H groups in total. The second-order valence-corrected chi connectivity index (χ2v) is 14.1. The number of fused-ring (bicyclic) bond motifs is 9. The molecule has 0 spiro atoms. The Kier molecular flexibility index (Phi) is 5.71. The molecule has 0 amide bonds. The van der Waals surface area contributed by atoms with E-state index in [4.69, 9.17) is 0 Å². The van der Waals surface area contributed by atoms with Crippen LogP contribution in [-0.2, 0) is 0 Å². The molecular formula is C43H24N2S2. The van der Waals surface area contributed by atoms with E-state index in [1.807, 2.05) is 34.8 Å². The minimum atomic E-state index is 0.675. The van der Waals surface area contributed by atoms with Crippen LogP contribution in [0.4, 0.5) is 0 Å². The Morgan fingerprint density at radius 2 is 1.19 bits per heavy atom. The van der Waals surface area contributed by atoms with Crippen LogP contribution in [-0.4, -0.2) is 4.57 Å². The van der Waals surface area contributed by atoms with Gasteiger partial charge in [-0.1, -0.05) is 84.9 Å². The van der Waals surface area contributed by atoms with Gasteiger partial charge >= 0.3 is 0 Å². The molecule has 0 saturated heterocycles. The number of para-hydroxylation sites is 1. The first-order chi connectivity index (χ1) is 23.2. The van der Waals surface area contributed by atoms with Gasteiger partial charge in [-0.3, -0.25) is 0 Å². The third-order valence-electron chi connectivity index (χ3n) is 9.41. The van der Waals surface area contributed by atoms with Crippen molar-refractivity contribution in [3.8, 4) is 34.0 Å². The summed E-state index contributed by atoms with van der Waals surface area (Å²) < 4.78 is 7.56. The third kappa shape index (κ3) is 3.95. The van der Waals surface area contributed by atoms with Crippen molar-refractivity contribution in [1.29, 1.82) is 5.26 Å². The Morgan fingerprint density at radius 1 is 0.447 bits per heavy atom. The molecule has 0 fully saturated rings. The van der Waals surface area contributed by atoms with Crippen LogP contribution >= 0.6 is 22.7 Å². The van der Waals surface area contributed by atoms with E-state index in [-0.39, 0.29) is 0 Å². The summed E-state index contributed by atoms with van der Waals surface area (Å²) in [6, 6.07) is 54.8. The average molecular weight is 633 g/mol. The molecule has 47 heavy (non-hydrogen) atoms. The molecule has 218 valence electrons. The Labute approximate surface area is 278 Å². The predicted octanol–water partition coefficient (Wildman–Crippen LogP) is 12.7. The highest BCUT2D eigenvalue weighted by Crippen LogP contribution is 2.46. The van der Waals surface area contributed by atoms with Gasteiger partial charge in [0.2, 0.25) is 0 Å². The molecule has 3 heterocycles. The van der Waals surface area contributed by atoms with Crippen molar-refractivity contribution < 1.29 is 0 Å². The molecule has 2 nitrogen and oxygen atoms in total. The summed E-state index contributed by atoms with van der Waals surface area (Å²) in [5.74, 6) is 0. The summed E-state index contributed by atoms with van der Waals surface area (Å²) in [7, 11) is 0. The smallest absolute Gasteiger partial charge is 0.0991 e. The second kappa shape index (κ2) is 10.1. The van der Waals surface area contributed by atoms with E-state index in [0.29, 0.717) is 5.56 Å². The second-order valence-electron chi connectivity index (χ2n) is 12.0. The molecule has 10 rings (SSSR count). The molecule has 0 atom stereocenters. The molecule has 0 unspecified atom stereocenters. The zero-order chi connectivity index (χ0) is 31.1. The first kappa shape index (κ1) is 26.5. The Balaban J connectivity index is 1.28. The van der Waals surface area contributed by atoms with Crippen molar-refractivity contribution in [2.24, 2.45) is 0 Å². The topological polar surface area (TPSA) is 28.7 Å². The van der Waals surface area contributed by atoms with Gasteiger partial charge in [-0.15, -0.1) is 22.7 Å². The Hall–Kier alpha value is -5.73. The largest absolute Gasteiger partial charge is 0.308 e. The van der Waals surface area contributed by atoms with Crippen LogP contribution in [0.1, 0.15) is 5.56 Å². The van der Waals surface area contributed by atoms with Crippen LogP contribution in [0.15, 0.2) is 146 Å². The standard InChI is InChI=1S/C43H24N2S2/c44-25-26-17-19-38-34(21-26)30-11-4-6-14-37(30)45(38)39-15-8-13-32-36-24-29(23-33(42(36)47-43(32)39)27-9-2-1-3-10-27)28-18-20-41-35(22-28)31-12-5-7-16-40(31)46-41/h1-24H. The molecule has 10 aromatic rings. The minimum absolute atomic E-state index is 0.675. The van der Waals surface area contributed by atoms with Crippen molar-refractivity contribution in [2.75, 3.05) is 0 Å². The van der Waals surface area contributed by atoms with E-state index in [9.17, 15) is 5.26 Å². The highest BCUT2D eigenvalue weighted by molar-refractivity contribution is 7.27. The maximum absolute atomic E-state index is 9.67. The van der Waals surface area contributed by atoms with Gasteiger partial charge in [0.1, 0.15) is 0 Å². The number of rotatable bonds is 3. The lowest BCUT2D eigenvalue weighted by molar-refractivity contribution is 1.20. The molecule has 0 saturated carbocycles. The quantitative estimate of drug-likeness (QED) is 0.190. The number of aromatic nitrogens is 1. The van der Waals surface area contributed by atoms with E-state index in [1.54, 1.807) is 0 Å². The fraction of sp³-hybridized carbons (Fsp3) is 0.